The quantitative estimate of drug-likeness (QED) is 0.788. The molecule has 3 fully saturated rings. The number of fused-ring (bicyclic) bond motifs is 2. The van der Waals surface area contributed by atoms with Gasteiger partial charge in [0, 0.05) is 18.0 Å². The maximum atomic E-state index is 13.0. The van der Waals surface area contributed by atoms with Gasteiger partial charge in [-0.15, -0.1) is 0 Å². The van der Waals surface area contributed by atoms with Crippen molar-refractivity contribution >= 4 is 29.1 Å². The topological polar surface area (TPSA) is 49.9 Å². The first-order chi connectivity index (χ1) is 12.6. The van der Waals surface area contributed by atoms with E-state index in [1.165, 1.54) is 25.7 Å². The zero-order chi connectivity index (χ0) is 18.3. The lowest BCUT2D eigenvalue weighted by atomic mass is 10.0. The predicted molar refractivity (Wildman–Crippen MR) is 101 cm³/mol. The summed E-state index contributed by atoms with van der Waals surface area (Å²) in [6, 6.07) is 4.98. The van der Waals surface area contributed by atoms with Gasteiger partial charge in [0.15, 0.2) is 0 Å². The van der Waals surface area contributed by atoms with Crippen molar-refractivity contribution < 1.29 is 14.3 Å². The van der Waals surface area contributed by atoms with E-state index in [1.54, 1.807) is 35.1 Å². The predicted octanol–water partition coefficient (Wildman–Crippen LogP) is 3.64. The molecule has 1 aromatic carbocycles. The van der Waals surface area contributed by atoms with Crippen molar-refractivity contribution in [3.63, 3.8) is 0 Å². The van der Waals surface area contributed by atoms with E-state index in [-0.39, 0.29) is 23.9 Å². The zero-order valence-corrected chi connectivity index (χ0v) is 15.9. The number of rotatable bonds is 5. The summed E-state index contributed by atoms with van der Waals surface area (Å²) in [5.41, 5.74) is 0.704. The molecule has 26 heavy (non-hydrogen) atoms. The number of hydrogen-bond donors (Lipinski definition) is 0. The third kappa shape index (κ3) is 3.07. The van der Waals surface area contributed by atoms with E-state index >= 15 is 0 Å². The fourth-order valence-electron chi connectivity index (χ4n) is 4.79. The van der Waals surface area contributed by atoms with Crippen molar-refractivity contribution in [3.8, 4) is 5.75 Å². The van der Waals surface area contributed by atoms with Crippen LogP contribution in [-0.2, 0) is 9.59 Å². The average Bonchev–Trinajstić information content (AvgIpc) is 3.36. The van der Waals surface area contributed by atoms with Crippen molar-refractivity contribution in [3.05, 3.63) is 23.2 Å². The third-order valence-corrected chi connectivity index (χ3v) is 6.36. The van der Waals surface area contributed by atoms with Crippen molar-refractivity contribution in [2.45, 2.75) is 57.0 Å². The highest BCUT2D eigenvalue weighted by Crippen LogP contribution is 2.41. The van der Waals surface area contributed by atoms with Crippen LogP contribution in [0.25, 0.3) is 0 Å². The van der Waals surface area contributed by atoms with E-state index in [0.29, 0.717) is 41.8 Å². The summed E-state index contributed by atoms with van der Waals surface area (Å²) in [6.45, 7) is 0.607. The number of anilines is 1. The molecule has 6 heteroatoms. The third-order valence-electron chi connectivity index (χ3n) is 6.13. The molecule has 2 amide bonds. The summed E-state index contributed by atoms with van der Waals surface area (Å²) in [5.74, 6) is 1.45. The molecule has 4 rings (SSSR count). The van der Waals surface area contributed by atoms with Gasteiger partial charge in [0.05, 0.1) is 18.8 Å². The van der Waals surface area contributed by atoms with Gasteiger partial charge in [-0.25, -0.2) is 0 Å². The highest BCUT2D eigenvalue weighted by Gasteiger charge is 2.52. The molecular formula is C20H25ClN2O3. The monoisotopic (exact) mass is 376 g/mol. The molecule has 2 heterocycles. The molecule has 3 aliphatic rings. The number of nitrogens with zero attached hydrogens (tertiary/aromatic N) is 2. The average molecular weight is 377 g/mol. The lowest BCUT2D eigenvalue weighted by Gasteiger charge is -2.34. The van der Waals surface area contributed by atoms with Crippen LogP contribution in [0.1, 0.15) is 44.9 Å². The van der Waals surface area contributed by atoms with Gasteiger partial charge in [-0.2, -0.15) is 0 Å². The zero-order valence-electron chi connectivity index (χ0n) is 15.1. The molecule has 5 nitrogen and oxygen atoms in total. The summed E-state index contributed by atoms with van der Waals surface area (Å²) >= 11 is 6.13. The highest BCUT2D eigenvalue weighted by molar-refractivity contribution is 6.31. The van der Waals surface area contributed by atoms with E-state index in [0.717, 1.165) is 6.42 Å². The molecule has 1 saturated carbocycles. The minimum Gasteiger partial charge on any atom is -0.495 e. The van der Waals surface area contributed by atoms with E-state index in [9.17, 15) is 9.59 Å². The SMILES string of the molecule is COc1ccc(Cl)cc1N1C(=O)[C@@H]2C[C@H]1CN2C(=O)CCC1CCCC1. The first-order valence-electron chi connectivity index (χ1n) is 9.54. The van der Waals surface area contributed by atoms with E-state index in [2.05, 4.69) is 0 Å². The Morgan fingerprint density at radius 1 is 1.31 bits per heavy atom. The van der Waals surface area contributed by atoms with Crippen LogP contribution in [0.5, 0.6) is 5.75 Å². The van der Waals surface area contributed by atoms with Crippen LogP contribution < -0.4 is 9.64 Å². The maximum absolute atomic E-state index is 13.0. The van der Waals surface area contributed by atoms with Crippen molar-refractivity contribution in [2.75, 3.05) is 18.6 Å². The fraction of sp³-hybridized carbons (Fsp3) is 0.600. The lowest BCUT2D eigenvalue weighted by Crippen LogP contribution is -2.52. The maximum Gasteiger partial charge on any atom is 0.250 e. The molecule has 2 aliphatic heterocycles. The second kappa shape index (κ2) is 7.10. The number of methoxy groups -OCH3 is 1. The molecule has 1 aliphatic carbocycles. The van der Waals surface area contributed by atoms with Gasteiger partial charge in [-0.05, 0) is 37.0 Å². The largest absolute Gasteiger partial charge is 0.495 e. The van der Waals surface area contributed by atoms with Crippen LogP contribution in [0.4, 0.5) is 5.69 Å². The molecule has 2 atom stereocenters. The number of carbonyl (C=O) groups excluding carboxylic acids is 2. The van der Waals surface area contributed by atoms with Crippen molar-refractivity contribution in [2.24, 2.45) is 5.92 Å². The van der Waals surface area contributed by atoms with Gasteiger partial charge >= 0.3 is 0 Å². The fourth-order valence-corrected chi connectivity index (χ4v) is 4.95. The number of ether oxygens (including phenoxy) is 1. The Morgan fingerprint density at radius 3 is 2.77 bits per heavy atom. The second-order valence-corrected chi connectivity index (χ2v) is 8.10. The number of halogens is 1. The highest BCUT2D eigenvalue weighted by atomic mass is 35.5. The van der Waals surface area contributed by atoms with Crippen LogP contribution in [0.3, 0.4) is 0 Å². The van der Waals surface area contributed by atoms with Crippen LogP contribution in [0, 0.1) is 5.92 Å². The Kier molecular flexibility index (Phi) is 4.82. The Balaban J connectivity index is 1.45. The number of carbonyl (C=O) groups is 2. The Morgan fingerprint density at radius 2 is 2.08 bits per heavy atom. The number of piperazine rings is 1. The Hall–Kier alpha value is -1.75. The van der Waals surface area contributed by atoms with Crippen molar-refractivity contribution in [1.29, 1.82) is 0 Å². The number of benzene rings is 1. The lowest BCUT2D eigenvalue weighted by molar-refractivity contribution is -0.138. The molecule has 2 saturated heterocycles. The van der Waals surface area contributed by atoms with Crippen LogP contribution >= 0.6 is 11.6 Å². The van der Waals surface area contributed by atoms with Gasteiger partial charge in [0.2, 0.25) is 11.8 Å². The summed E-state index contributed by atoms with van der Waals surface area (Å²) in [6.07, 6.45) is 7.32. The molecule has 1 aromatic rings. The summed E-state index contributed by atoms with van der Waals surface area (Å²) in [7, 11) is 1.59. The number of amides is 2. The van der Waals surface area contributed by atoms with Gasteiger partial charge in [0.1, 0.15) is 11.8 Å². The minimum absolute atomic E-state index is 0.00953. The standard InChI is InChI=1S/C20H25ClN2O3/c1-26-18-8-7-14(21)10-16(18)23-15-11-17(20(23)25)22(12-15)19(24)9-6-13-4-2-3-5-13/h7-8,10,13,15,17H,2-6,9,11-12H2,1H3/t15-,17-/m0/s1. The first-order valence-corrected chi connectivity index (χ1v) is 9.92. The first kappa shape index (κ1) is 17.7. The molecule has 140 valence electrons. The molecule has 0 radical (unpaired) electrons. The van der Waals surface area contributed by atoms with E-state index in [1.807, 2.05) is 0 Å². The Bertz CT molecular complexity index is 717. The van der Waals surface area contributed by atoms with Crippen LogP contribution in [-0.4, -0.2) is 42.5 Å². The molecular weight excluding hydrogens is 352 g/mol. The van der Waals surface area contributed by atoms with Crippen molar-refractivity contribution in [1.82, 2.24) is 4.90 Å². The van der Waals surface area contributed by atoms with Gasteiger partial charge in [-0.1, -0.05) is 37.3 Å². The van der Waals surface area contributed by atoms with E-state index in [4.69, 9.17) is 16.3 Å². The van der Waals surface area contributed by atoms with E-state index < -0.39 is 0 Å². The number of hydrogen-bond acceptors (Lipinski definition) is 3. The van der Waals surface area contributed by atoms with Gasteiger partial charge < -0.3 is 14.5 Å². The van der Waals surface area contributed by atoms with Gasteiger partial charge in [-0.3, -0.25) is 9.59 Å². The molecule has 2 bridgehead atoms. The molecule has 0 unspecified atom stereocenters. The smallest absolute Gasteiger partial charge is 0.250 e. The molecule has 0 N–H and O–H groups in total. The molecule has 0 aromatic heterocycles. The summed E-state index contributed by atoms with van der Waals surface area (Å²) in [5, 5.41) is 0.570. The summed E-state index contributed by atoms with van der Waals surface area (Å²) in [4.78, 5) is 29.2. The van der Waals surface area contributed by atoms with Gasteiger partial charge in [0.25, 0.3) is 0 Å². The summed E-state index contributed by atoms with van der Waals surface area (Å²) < 4.78 is 5.41. The minimum atomic E-state index is -0.334. The van der Waals surface area contributed by atoms with Crippen LogP contribution in [0.2, 0.25) is 5.02 Å². The Labute approximate surface area is 159 Å². The second-order valence-electron chi connectivity index (χ2n) is 7.66. The normalized spacial score (nSPS) is 25.4. The number of likely N-dealkylation sites (tertiary alicyclic amines) is 1. The molecule has 0 spiro atoms. The van der Waals surface area contributed by atoms with Crippen LogP contribution in [0.15, 0.2) is 18.2 Å².